The maximum Gasteiger partial charge on any atom is -0.0155 e. The van der Waals surface area contributed by atoms with Gasteiger partial charge in [-0.3, -0.25) is 0 Å². The van der Waals surface area contributed by atoms with Crippen LogP contribution in [0.25, 0.3) is 16.7 Å². The van der Waals surface area contributed by atoms with Gasteiger partial charge in [-0.15, -0.1) is 0 Å². The summed E-state index contributed by atoms with van der Waals surface area (Å²) in [5.74, 6) is 1.65. The second-order valence-electron chi connectivity index (χ2n) is 5.99. The fraction of sp³-hybridized carbons (Fsp3) is 0.200. The Morgan fingerprint density at radius 1 is 0.750 bits per heavy atom. The molecule has 0 N–H and O–H groups in total. The lowest BCUT2D eigenvalue weighted by molar-refractivity contribution is 0.985. The van der Waals surface area contributed by atoms with Crippen molar-refractivity contribution >= 4 is 5.57 Å². The van der Waals surface area contributed by atoms with E-state index in [1.54, 1.807) is 0 Å². The van der Waals surface area contributed by atoms with E-state index in [1.165, 1.54) is 34.2 Å². The number of rotatable bonds is 2. The summed E-state index contributed by atoms with van der Waals surface area (Å²) in [5, 5.41) is 0. The standard InChI is InChI=1S/C20H18/c1-14-2-4-15(5-3-14)16-6-8-17(9-7-16)18-10-11-19-13-20(19)12-18/h2-12,19-20H,13H2,1H3. The van der Waals surface area contributed by atoms with E-state index >= 15 is 0 Å². The molecule has 0 radical (unpaired) electrons. The van der Waals surface area contributed by atoms with Gasteiger partial charge in [-0.05, 0) is 47.4 Å². The number of benzene rings is 2. The van der Waals surface area contributed by atoms with E-state index in [9.17, 15) is 0 Å². The second kappa shape index (κ2) is 4.49. The van der Waals surface area contributed by atoms with Gasteiger partial charge >= 0.3 is 0 Å². The molecule has 2 aromatic carbocycles. The third-order valence-corrected chi connectivity index (χ3v) is 4.41. The quantitative estimate of drug-likeness (QED) is 0.690. The van der Waals surface area contributed by atoms with E-state index in [4.69, 9.17) is 0 Å². The summed E-state index contributed by atoms with van der Waals surface area (Å²) < 4.78 is 0. The summed E-state index contributed by atoms with van der Waals surface area (Å²) in [7, 11) is 0. The third kappa shape index (κ3) is 2.12. The van der Waals surface area contributed by atoms with Gasteiger partial charge in [-0.1, -0.05) is 72.3 Å². The first-order valence-electron chi connectivity index (χ1n) is 7.37. The molecule has 0 heterocycles. The van der Waals surface area contributed by atoms with Crippen LogP contribution in [-0.4, -0.2) is 0 Å². The van der Waals surface area contributed by atoms with Crippen LogP contribution in [0.2, 0.25) is 0 Å². The van der Waals surface area contributed by atoms with E-state index < -0.39 is 0 Å². The van der Waals surface area contributed by atoms with E-state index in [0.29, 0.717) is 0 Å². The molecule has 0 spiro atoms. The van der Waals surface area contributed by atoms with Crippen LogP contribution in [0.4, 0.5) is 0 Å². The van der Waals surface area contributed by atoms with Gasteiger partial charge in [0.05, 0.1) is 0 Å². The monoisotopic (exact) mass is 258 g/mol. The first-order valence-corrected chi connectivity index (χ1v) is 7.37. The van der Waals surface area contributed by atoms with Crippen LogP contribution in [0.3, 0.4) is 0 Å². The van der Waals surface area contributed by atoms with Crippen LogP contribution >= 0.6 is 0 Å². The molecule has 20 heavy (non-hydrogen) atoms. The van der Waals surface area contributed by atoms with Crippen molar-refractivity contribution in [2.24, 2.45) is 11.8 Å². The van der Waals surface area contributed by atoms with Gasteiger partial charge in [0.1, 0.15) is 0 Å². The highest BCUT2D eigenvalue weighted by molar-refractivity contribution is 5.77. The minimum absolute atomic E-state index is 0.812. The van der Waals surface area contributed by atoms with Gasteiger partial charge < -0.3 is 0 Å². The lowest BCUT2D eigenvalue weighted by atomic mass is 9.97. The largest absolute Gasteiger partial charge is 0.0802 e. The summed E-state index contributed by atoms with van der Waals surface area (Å²) >= 11 is 0. The van der Waals surface area contributed by atoms with Crippen LogP contribution in [-0.2, 0) is 0 Å². The molecule has 0 heteroatoms. The maximum atomic E-state index is 2.44. The number of hydrogen-bond donors (Lipinski definition) is 0. The van der Waals surface area contributed by atoms with Crippen LogP contribution < -0.4 is 0 Å². The molecular weight excluding hydrogens is 240 g/mol. The highest BCUT2D eigenvalue weighted by atomic mass is 14.4. The smallest absolute Gasteiger partial charge is 0.0155 e. The predicted molar refractivity (Wildman–Crippen MR) is 85.3 cm³/mol. The Morgan fingerprint density at radius 3 is 2.00 bits per heavy atom. The molecule has 98 valence electrons. The average Bonchev–Trinajstić information content (AvgIpc) is 3.27. The molecule has 1 fully saturated rings. The molecule has 0 nitrogen and oxygen atoms in total. The average molecular weight is 258 g/mol. The molecule has 2 atom stereocenters. The minimum atomic E-state index is 0.812. The summed E-state index contributed by atoms with van der Waals surface area (Å²) in [6.07, 6.45) is 8.44. The Labute approximate surface area is 120 Å². The molecule has 4 rings (SSSR count). The summed E-state index contributed by atoms with van der Waals surface area (Å²) in [6.45, 7) is 2.12. The van der Waals surface area contributed by atoms with Gasteiger partial charge in [-0.25, -0.2) is 0 Å². The van der Waals surface area contributed by atoms with Crippen molar-refractivity contribution < 1.29 is 0 Å². The van der Waals surface area contributed by atoms with E-state index in [2.05, 4.69) is 73.7 Å². The third-order valence-electron chi connectivity index (χ3n) is 4.41. The van der Waals surface area contributed by atoms with Gasteiger partial charge in [0.25, 0.3) is 0 Å². The fourth-order valence-electron chi connectivity index (χ4n) is 2.96. The van der Waals surface area contributed by atoms with Crippen molar-refractivity contribution in [3.05, 3.63) is 77.9 Å². The molecule has 0 aliphatic heterocycles. The molecule has 0 saturated heterocycles. The number of aryl methyl sites for hydroxylation is 1. The maximum absolute atomic E-state index is 2.44. The summed E-state index contributed by atoms with van der Waals surface area (Å²) in [5.41, 5.74) is 6.61. The van der Waals surface area contributed by atoms with Gasteiger partial charge in [0, 0.05) is 0 Å². The fourth-order valence-corrected chi connectivity index (χ4v) is 2.96. The van der Waals surface area contributed by atoms with Gasteiger partial charge in [-0.2, -0.15) is 0 Å². The minimum Gasteiger partial charge on any atom is -0.0802 e. The highest BCUT2D eigenvalue weighted by Gasteiger charge is 2.34. The Kier molecular flexibility index (Phi) is 2.63. The molecule has 0 aromatic heterocycles. The lowest BCUT2D eigenvalue weighted by Gasteiger charge is -2.08. The molecule has 0 amide bonds. The molecule has 0 bridgehead atoms. The molecule has 2 unspecified atom stereocenters. The highest BCUT2D eigenvalue weighted by Crippen LogP contribution is 2.45. The Bertz CT molecular complexity index is 684. The van der Waals surface area contributed by atoms with Crippen LogP contribution in [0.15, 0.2) is 66.8 Å². The van der Waals surface area contributed by atoms with Crippen molar-refractivity contribution in [1.29, 1.82) is 0 Å². The normalized spacial score (nSPS) is 23.1. The molecule has 2 aliphatic carbocycles. The predicted octanol–water partition coefficient (Wildman–Crippen LogP) is 5.25. The lowest BCUT2D eigenvalue weighted by Crippen LogP contribution is -1.88. The van der Waals surface area contributed by atoms with Crippen LogP contribution in [0, 0.1) is 18.8 Å². The van der Waals surface area contributed by atoms with Crippen LogP contribution in [0.5, 0.6) is 0 Å². The first-order chi connectivity index (χ1) is 9.79. The van der Waals surface area contributed by atoms with Crippen molar-refractivity contribution in [1.82, 2.24) is 0 Å². The number of fused-ring (bicyclic) bond motifs is 1. The zero-order chi connectivity index (χ0) is 13.5. The summed E-state index contributed by atoms with van der Waals surface area (Å²) in [4.78, 5) is 0. The van der Waals surface area contributed by atoms with Gasteiger partial charge in [0.15, 0.2) is 0 Å². The zero-order valence-electron chi connectivity index (χ0n) is 11.7. The van der Waals surface area contributed by atoms with Crippen LogP contribution in [0.1, 0.15) is 17.5 Å². The molecular formula is C20H18. The van der Waals surface area contributed by atoms with Gasteiger partial charge in [0.2, 0.25) is 0 Å². The van der Waals surface area contributed by atoms with Crippen molar-refractivity contribution in [3.8, 4) is 11.1 Å². The molecule has 2 aliphatic rings. The first kappa shape index (κ1) is 11.7. The Balaban J connectivity index is 1.63. The number of hydrogen-bond acceptors (Lipinski definition) is 0. The van der Waals surface area contributed by atoms with Crippen molar-refractivity contribution in [2.45, 2.75) is 13.3 Å². The van der Waals surface area contributed by atoms with E-state index in [1.807, 2.05) is 0 Å². The van der Waals surface area contributed by atoms with E-state index in [-0.39, 0.29) is 0 Å². The zero-order valence-corrected chi connectivity index (χ0v) is 11.7. The molecule has 1 saturated carbocycles. The SMILES string of the molecule is Cc1ccc(-c2ccc(C3=CC4CC4C=C3)cc2)cc1. The number of allylic oxidation sites excluding steroid dienone is 4. The Hall–Kier alpha value is -2.08. The summed E-state index contributed by atoms with van der Waals surface area (Å²) in [6, 6.07) is 17.7. The molecule has 2 aromatic rings. The van der Waals surface area contributed by atoms with Crippen molar-refractivity contribution in [2.75, 3.05) is 0 Å². The second-order valence-corrected chi connectivity index (χ2v) is 5.99. The van der Waals surface area contributed by atoms with E-state index in [0.717, 1.165) is 11.8 Å². The Morgan fingerprint density at radius 2 is 1.35 bits per heavy atom. The topological polar surface area (TPSA) is 0 Å². The van der Waals surface area contributed by atoms with Crippen molar-refractivity contribution in [3.63, 3.8) is 0 Å².